The van der Waals surface area contributed by atoms with Crippen LogP contribution in [-0.4, -0.2) is 53.5 Å². The van der Waals surface area contributed by atoms with Gasteiger partial charge in [-0.2, -0.15) is 0 Å². The second kappa shape index (κ2) is 8.54. The Balaban J connectivity index is 1.89. The van der Waals surface area contributed by atoms with Crippen LogP contribution in [-0.2, 0) is 16.0 Å². The second-order valence-electron chi connectivity index (χ2n) is 6.51. The van der Waals surface area contributed by atoms with Gasteiger partial charge >= 0.3 is 0 Å². The van der Waals surface area contributed by atoms with E-state index in [0.717, 1.165) is 5.56 Å². The Labute approximate surface area is 167 Å². The Kier molecular flexibility index (Phi) is 6.11. The van der Waals surface area contributed by atoms with Crippen molar-refractivity contribution in [2.75, 3.05) is 26.7 Å². The van der Waals surface area contributed by atoms with Gasteiger partial charge in [-0.1, -0.05) is 35.9 Å². The molecule has 0 aromatic heterocycles. The average molecular weight is 403 g/mol. The van der Waals surface area contributed by atoms with Crippen molar-refractivity contribution in [3.8, 4) is 0 Å². The minimum Gasteiger partial charge on any atom is -0.395 e. The third kappa shape index (κ3) is 4.08. The quantitative estimate of drug-likeness (QED) is 0.723. The summed E-state index contributed by atoms with van der Waals surface area (Å²) in [4.78, 5) is 28.8. The van der Waals surface area contributed by atoms with Crippen LogP contribution in [0.15, 0.2) is 54.2 Å². The van der Waals surface area contributed by atoms with Gasteiger partial charge in [0.25, 0.3) is 11.8 Å². The van der Waals surface area contributed by atoms with E-state index in [1.165, 1.54) is 17.0 Å². The third-order valence-electron chi connectivity index (χ3n) is 4.63. The molecule has 0 fully saturated rings. The monoisotopic (exact) mass is 402 g/mol. The van der Waals surface area contributed by atoms with Crippen LogP contribution in [0.3, 0.4) is 0 Å². The van der Waals surface area contributed by atoms with Crippen LogP contribution >= 0.6 is 11.6 Å². The fourth-order valence-corrected chi connectivity index (χ4v) is 3.28. The molecule has 1 N–H and O–H groups in total. The lowest BCUT2D eigenvalue weighted by Crippen LogP contribution is -2.36. The molecule has 2 aromatic rings. The van der Waals surface area contributed by atoms with Gasteiger partial charge in [0.15, 0.2) is 0 Å². The molecular formula is C21H20ClFN2O3. The molecule has 5 nitrogen and oxygen atoms in total. The van der Waals surface area contributed by atoms with Crippen molar-refractivity contribution < 1.29 is 19.1 Å². The van der Waals surface area contributed by atoms with Crippen LogP contribution in [0.2, 0.25) is 5.02 Å². The van der Waals surface area contributed by atoms with Gasteiger partial charge in [-0.05, 0) is 41.8 Å². The van der Waals surface area contributed by atoms with E-state index in [9.17, 15) is 19.1 Å². The predicted octanol–water partition coefficient (Wildman–Crippen LogP) is 2.73. The molecule has 7 heteroatoms. The molecule has 0 saturated heterocycles. The Morgan fingerprint density at radius 1 is 1.04 bits per heavy atom. The Bertz CT molecular complexity index is 910. The highest BCUT2D eigenvalue weighted by Gasteiger charge is 2.40. The fraction of sp³-hybridized carbons (Fsp3) is 0.238. The van der Waals surface area contributed by atoms with Gasteiger partial charge in [-0.15, -0.1) is 0 Å². The summed E-state index contributed by atoms with van der Waals surface area (Å²) >= 11 is 5.94. The zero-order valence-electron chi connectivity index (χ0n) is 15.4. The number of halogens is 2. The van der Waals surface area contributed by atoms with Gasteiger partial charge in [0.2, 0.25) is 0 Å². The van der Waals surface area contributed by atoms with Gasteiger partial charge in [0.1, 0.15) is 11.5 Å². The highest BCUT2D eigenvalue weighted by atomic mass is 35.5. The summed E-state index contributed by atoms with van der Waals surface area (Å²) in [5.74, 6) is -1.14. The molecule has 0 aliphatic carbocycles. The smallest absolute Gasteiger partial charge is 0.277 e. The Morgan fingerprint density at radius 3 is 2.29 bits per heavy atom. The molecular weight excluding hydrogens is 383 g/mol. The van der Waals surface area contributed by atoms with E-state index in [1.54, 1.807) is 48.3 Å². The van der Waals surface area contributed by atoms with Crippen molar-refractivity contribution >= 4 is 29.0 Å². The first-order chi connectivity index (χ1) is 13.4. The molecule has 0 spiro atoms. The highest BCUT2D eigenvalue weighted by Crippen LogP contribution is 2.31. The van der Waals surface area contributed by atoms with E-state index in [1.807, 2.05) is 0 Å². The summed E-state index contributed by atoms with van der Waals surface area (Å²) in [5, 5.41) is 9.79. The number of hydrogen-bond acceptors (Lipinski definition) is 4. The summed E-state index contributed by atoms with van der Waals surface area (Å²) in [6.07, 6.45) is 0.419. The van der Waals surface area contributed by atoms with Crippen molar-refractivity contribution in [3.63, 3.8) is 0 Å². The molecule has 0 bridgehead atoms. The lowest BCUT2D eigenvalue weighted by molar-refractivity contribution is -0.137. The molecule has 0 atom stereocenters. The lowest BCUT2D eigenvalue weighted by Gasteiger charge is -2.20. The summed E-state index contributed by atoms with van der Waals surface area (Å²) in [7, 11) is 1.66. The molecule has 0 unspecified atom stereocenters. The molecule has 3 rings (SSSR count). The van der Waals surface area contributed by atoms with Gasteiger partial charge in [0, 0.05) is 25.2 Å². The standard InChI is InChI=1S/C21H20ClFN2O3/c1-24(12-13-26)19-18(15-4-6-16(22)7-5-15)20(27)25(21(19)28)11-10-14-2-8-17(23)9-3-14/h2-9,26H,10-13H2,1H3. The number of carbonyl (C=O) groups excluding carboxylic acids is 2. The maximum Gasteiger partial charge on any atom is 0.277 e. The van der Waals surface area contributed by atoms with E-state index in [0.29, 0.717) is 17.0 Å². The number of imide groups is 1. The number of aliphatic hydroxyl groups is 1. The maximum absolute atomic E-state index is 13.1. The first kappa shape index (κ1) is 20.0. The van der Waals surface area contributed by atoms with E-state index in [2.05, 4.69) is 0 Å². The zero-order chi connectivity index (χ0) is 20.3. The average Bonchev–Trinajstić information content (AvgIpc) is 2.92. The number of rotatable bonds is 7. The number of nitrogens with zero attached hydrogens (tertiary/aromatic N) is 2. The molecule has 1 aliphatic rings. The topological polar surface area (TPSA) is 60.9 Å². The highest BCUT2D eigenvalue weighted by molar-refractivity contribution is 6.36. The Morgan fingerprint density at radius 2 is 1.68 bits per heavy atom. The first-order valence-corrected chi connectivity index (χ1v) is 9.23. The lowest BCUT2D eigenvalue weighted by atomic mass is 10.0. The van der Waals surface area contributed by atoms with Crippen molar-refractivity contribution in [3.05, 3.63) is 76.2 Å². The zero-order valence-corrected chi connectivity index (χ0v) is 16.1. The first-order valence-electron chi connectivity index (χ1n) is 8.85. The van der Waals surface area contributed by atoms with Crippen molar-refractivity contribution in [2.24, 2.45) is 0 Å². The Hall–Kier alpha value is -2.70. The van der Waals surface area contributed by atoms with Crippen LogP contribution in [0.25, 0.3) is 5.57 Å². The van der Waals surface area contributed by atoms with Crippen LogP contribution < -0.4 is 0 Å². The number of benzene rings is 2. The van der Waals surface area contributed by atoms with Gasteiger partial charge in [-0.25, -0.2) is 4.39 Å². The van der Waals surface area contributed by atoms with Crippen molar-refractivity contribution in [1.29, 1.82) is 0 Å². The largest absolute Gasteiger partial charge is 0.395 e. The predicted molar refractivity (Wildman–Crippen MR) is 105 cm³/mol. The molecule has 0 saturated carbocycles. The number of aliphatic hydroxyl groups excluding tert-OH is 1. The van der Waals surface area contributed by atoms with E-state index >= 15 is 0 Å². The number of amides is 2. The molecule has 146 valence electrons. The van der Waals surface area contributed by atoms with Crippen molar-refractivity contribution in [1.82, 2.24) is 9.80 Å². The maximum atomic E-state index is 13.1. The number of hydrogen-bond donors (Lipinski definition) is 1. The van der Waals surface area contributed by atoms with Crippen LogP contribution in [0.1, 0.15) is 11.1 Å². The van der Waals surface area contributed by atoms with Gasteiger partial charge < -0.3 is 10.0 Å². The van der Waals surface area contributed by atoms with Crippen LogP contribution in [0.5, 0.6) is 0 Å². The fourth-order valence-electron chi connectivity index (χ4n) is 3.15. The van der Waals surface area contributed by atoms with E-state index < -0.39 is 11.8 Å². The molecule has 2 aromatic carbocycles. The van der Waals surface area contributed by atoms with Crippen LogP contribution in [0.4, 0.5) is 4.39 Å². The summed E-state index contributed by atoms with van der Waals surface area (Å²) in [6, 6.07) is 12.7. The van der Waals surface area contributed by atoms with E-state index in [-0.39, 0.29) is 36.8 Å². The van der Waals surface area contributed by atoms with E-state index in [4.69, 9.17) is 11.6 Å². The SMILES string of the molecule is CN(CCO)C1=C(c2ccc(Cl)cc2)C(=O)N(CCc2ccc(F)cc2)C1=O. The number of carbonyl (C=O) groups is 2. The van der Waals surface area contributed by atoms with Gasteiger partial charge in [-0.3, -0.25) is 14.5 Å². The normalized spacial score (nSPS) is 14.2. The molecule has 1 heterocycles. The minimum absolute atomic E-state index is 0.148. The van der Waals surface area contributed by atoms with Gasteiger partial charge in [0.05, 0.1) is 12.2 Å². The summed E-state index contributed by atoms with van der Waals surface area (Å²) in [6.45, 7) is 0.249. The van der Waals surface area contributed by atoms with Crippen LogP contribution in [0, 0.1) is 5.82 Å². The molecule has 2 amide bonds. The molecule has 1 aliphatic heterocycles. The molecule has 28 heavy (non-hydrogen) atoms. The summed E-state index contributed by atoms with van der Waals surface area (Å²) in [5.41, 5.74) is 1.95. The minimum atomic E-state index is -0.409. The molecule has 0 radical (unpaired) electrons. The summed E-state index contributed by atoms with van der Waals surface area (Å²) < 4.78 is 13.1. The van der Waals surface area contributed by atoms with Crippen molar-refractivity contribution in [2.45, 2.75) is 6.42 Å². The number of likely N-dealkylation sites (N-methyl/N-ethyl adjacent to an activating group) is 1. The third-order valence-corrected chi connectivity index (χ3v) is 4.88. The second-order valence-corrected chi connectivity index (χ2v) is 6.95.